The Labute approximate surface area is 123 Å². The Morgan fingerprint density at radius 1 is 0.783 bits per heavy atom. The molecule has 1 unspecified atom stereocenters. The van der Waals surface area contributed by atoms with Crippen LogP contribution in [0.4, 0.5) is 39.5 Å². The van der Waals surface area contributed by atoms with Crippen LogP contribution in [0.2, 0.25) is 0 Å². The number of rotatable bonds is 2. The van der Waals surface area contributed by atoms with Crippen LogP contribution in [0.1, 0.15) is 41.2 Å². The summed E-state index contributed by atoms with van der Waals surface area (Å²) in [4.78, 5) is 0. The molecule has 10 heteroatoms. The van der Waals surface area contributed by atoms with E-state index in [1.54, 1.807) is 0 Å². The lowest BCUT2D eigenvalue weighted by molar-refractivity contribution is -0.175. The molecule has 0 spiro atoms. The maximum atomic E-state index is 13.1. The van der Waals surface area contributed by atoms with Gasteiger partial charge in [-0.05, 0) is 30.4 Å². The molecule has 1 aromatic rings. The number of aliphatic hydroxyl groups excluding tert-OH is 1. The summed E-state index contributed by atoms with van der Waals surface area (Å²) in [6, 6.07) is 0.197. The number of hydrogen-bond donors (Lipinski definition) is 1. The summed E-state index contributed by atoms with van der Waals surface area (Å²) in [5.41, 5.74) is -8.89. The van der Waals surface area contributed by atoms with Gasteiger partial charge in [-0.25, -0.2) is 0 Å². The quantitative estimate of drug-likeness (QED) is 0.727. The second-order valence-corrected chi connectivity index (χ2v) is 5.23. The highest BCUT2D eigenvalue weighted by Gasteiger charge is 2.52. The van der Waals surface area contributed by atoms with E-state index in [1.165, 1.54) is 0 Å². The lowest BCUT2D eigenvalue weighted by Gasteiger charge is -2.25. The zero-order chi connectivity index (χ0) is 17.8. The fraction of sp³-hybridized carbons (Fsp3) is 0.538. The molecular weight excluding hydrogens is 343 g/mol. The van der Waals surface area contributed by atoms with Crippen molar-refractivity contribution in [3.63, 3.8) is 0 Å². The maximum Gasteiger partial charge on any atom is 0.417 e. The summed E-state index contributed by atoms with van der Waals surface area (Å²) in [5, 5.41) is 9.74. The molecule has 0 saturated heterocycles. The van der Waals surface area contributed by atoms with Crippen LogP contribution in [0.15, 0.2) is 12.1 Å². The SMILES string of the molecule is OC(c1ccc(C(F)(F)F)c(C(F)(F)F)c1C(F)(F)F)C1CC1. The van der Waals surface area contributed by atoms with Gasteiger partial charge >= 0.3 is 18.5 Å². The average molecular weight is 352 g/mol. The smallest absolute Gasteiger partial charge is 0.388 e. The van der Waals surface area contributed by atoms with E-state index in [-0.39, 0.29) is 12.1 Å². The minimum atomic E-state index is -5.88. The van der Waals surface area contributed by atoms with Crippen LogP contribution in [-0.2, 0) is 18.5 Å². The Bertz CT molecular complexity index is 593. The zero-order valence-electron chi connectivity index (χ0n) is 11.1. The van der Waals surface area contributed by atoms with Crippen molar-refractivity contribution in [2.75, 3.05) is 0 Å². The standard InChI is InChI=1S/C13H9F9O/c14-11(15,16)7-4-3-6(10(23)5-1-2-5)8(12(17,18)19)9(7)13(20,21)22/h3-5,10,23H,1-2H2. The summed E-state index contributed by atoms with van der Waals surface area (Å²) in [7, 11) is 0. The number of hydrogen-bond acceptors (Lipinski definition) is 1. The van der Waals surface area contributed by atoms with Crippen LogP contribution in [0, 0.1) is 5.92 Å². The predicted octanol–water partition coefficient (Wildman–Crippen LogP) is 5.19. The monoisotopic (exact) mass is 352 g/mol. The normalized spacial score (nSPS) is 18.2. The fourth-order valence-electron chi connectivity index (χ4n) is 2.37. The summed E-state index contributed by atoms with van der Waals surface area (Å²) < 4.78 is 116. The van der Waals surface area contributed by atoms with Gasteiger partial charge in [-0.15, -0.1) is 0 Å². The number of alkyl halides is 9. The van der Waals surface area contributed by atoms with E-state index in [1.807, 2.05) is 0 Å². The largest absolute Gasteiger partial charge is 0.417 e. The van der Waals surface area contributed by atoms with Gasteiger partial charge in [0, 0.05) is 0 Å². The van der Waals surface area contributed by atoms with Gasteiger partial charge in [-0.1, -0.05) is 6.07 Å². The summed E-state index contributed by atoms with van der Waals surface area (Å²) in [6.45, 7) is 0. The van der Waals surface area contributed by atoms with E-state index in [9.17, 15) is 44.6 Å². The molecule has 1 nitrogen and oxygen atoms in total. The Morgan fingerprint density at radius 2 is 1.26 bits per heavy atom. The van der Waals surface area contributed by atoms with E-state index in [4.69, 9.17) is 0 Å². The second-order valence-electron chi connectivity index (χ2n) is 5.23. The lowest BCUT2D eigenvalue weighted by Crippen LogP contribution is -2.25. The van der Waals surface area contributed by atoms with Gasteiger partial charge in [0.2, 0.25) is 0 Å². The van der Waals surface area contributed by atoms with Crippen molar-refractivity contribution < 1.29 is 44.6 Å². The molecule has 0 radical (unpaired) electrons. The van der Waals surface area contributed by atoms with Crippen LogP contribution in [0.3, 0.4) is 0 Å². The first-order valence-electron chi connectivity index (χ1n) is 6.31. The van der Waals surface area contributed by atoms with Gasteiger partial charge in [0.25, 0.3) is 0 Å². The minimum absolute atomic E-state index is 0.0704. The van der Waals surface area contributed by atoms with E-state index in [2.05, 4.69) is 0 Å². The Kier molecular flexibility index (Phi) is 4.11. The first-order chi connectivity index (χ1) is 10.2. The van der Waals surface area contributed by atoms with Crippen LogP contribution < -0.4 is 0 Å². The zero-order valence-corrected chi connectivity index (χ0v) is 11.1. The predicted molar refractivity (Wildman–Crippen MR) is 59.1 cm³/mol. The van der Waals surface area contributed by atoms with Gasteiger partial charge < -0.3 is 5.11 Å². The maximum absolute atomic E-state index is 13.1. The Balaban J connectivity index is 2.82. The minimum Gasteiger partial charge on any atom is -0.388 e. The van der Waals surface area contributed by atoms with Gasteiger partial charge in [0.05, 0.1) is 22.8 Å². The van der Waals surface area contributed by atoms with Crippen molar-refractivity contribution >= 4 is 0 Å². The third-order valence-electron chi connectivity index (χ3n) is 3.50. The van der Waals surface area contributed by atoms with E-state index in [0.717, 1.165) is 0 Å². The molecule has 0 amide bonds. The third-order valence-corrected chi connectivity index (χ3v) is 3.50. The van der Waals surface area contributed by atoms with Crippen molar-refractivity contribution in [3.05, 3.63) is 34.4 Å². The molecule has 130 valence electrons. The van der Waals surface area contributed by atoms with Crippen LogP contribution in [0.5, 0.6) is 0 Å². The van der Waals surface area contributed by atoms with Crippen molar-refractivity contribution in [2.45, 2.75) is 37.5 Å². The van der Waals surface area contributed by atoms with Crippen molar-refractivity contribution in [2.24, 2.45) is 5.92 Å². The van der Waals surface area contributed by atoms with Gasteiger partial charge in [0.1, 0.15) is 0 Å². The molecule has 1 fully saturated rings. The number of halogens is 9. The van der Waals surface area contributed by atoms with Crippen LogP contribution in [0.25, 0.3) is 0 Å². The average Bonchev–Trinajstić information content (AvgIpc) is 3.17. The molecule has 2 rings (SSSR count). The first-order valence-corrected chi connectivity index (χ1v) is 6.31. The van der Waals surface area contributed by atoms with Gasteiger partial charge in [-0.3, -0.25) is 0 Å². The van der Waals surface area contributed by atoms with Crippen LogP contribution in [-0.4, -0.2) is 5.11 Å². The molecule has 1 aliphatic rings. The summed E-state index contributed by atoms with van der Waals surface area (Å²) in [6.07, 6.45) is -18.5. The van der Waals surface area contributed by atoms with E-state index < -0.39 is 52.8 Å². The molecule has 1 saturated carbocycles. The van der Waals surface area contributed by atoms with E-state index >= 15 is 0 Å². The van der Waals surface area contributed by atoms with Crippen molar-refractivity contribution in [1.82, 2.24) is 0 Å². The number of aliphatic hydroxyl groups is 1. The molecule has 1 aliphatic carbocycles. The molecule has 1 atom stereocenters. The third kappa shape index (κ3) is 3.56. The molecule has 1 aromatic carbocycles. The highest BCUT2D eigenvalue weighted by molar-refractivity contribution is 5.47. The number of benzene rings is 1. The second kappa shape index (κ2) is 5.29. The van der Waals surface area contributed by atoms with Crippen molar-refractivity contribution in [1.29, 1.82) is 0 Å². The molecule has 0 heterocycles. The van der Waals surface area contributed by atoms with Crippen LogP contribution >= 0.6 is 0 Å². The van der Waals surface area contributed by atoms with Crippen molar-refractivity contribution in [3.8, 4) is 0 Å². The van der Waals surface area contributed by atoms with Gasteiger partial charge in [-0.2, -0.15) is 39.5 Å². The lowest BCUT2D eigenvalue weighted by atomic mass is 9.90. The molecule has 0 bridgehead atoms. The molecule has 1 N–H and O–H groups in total. The Hall–Kier alpha value is -1.45. The molecule has 0 aromatic heterocycles. The molecule has 0 aliphatic heterocycles. The highest BCUT2D eigenvalue weighted by Crippen LogP contribution is 2.51. The topological polar surface area (TPSA) is 20.2 Å². The summed E-state index contributed by atoms with van der Waals surface area (Å²) in [5.74, 6) is -0.686. The summed E-state index contributed by atoms with van der Waals surface area (Å²) >= 11 is 0. The fourth-order valence-corrected chi connectivity index (χ4v) is 2.37. The molecular formula is C13H9F9O. The first kappa shape index (κ1) is 17.9. The highest BCUT2D eigenvalue weighted by atomic mass is 19.4. The van der Waals surface area contributed by atoms with Gasteiger partial charge in [0.15, 0.2) is 0 Å². The Morgan fingerprint density at radius 3 is 1.61 bits per heavy atom. The van der Waals surface area contributed by atoms with E-state index in [0.29, 0.717) is 12.8 Å². The molecule has 23 heavy (non-hydrogen) atoms.